The molecule has 0 saturated carbocycles. The van der Waals surface area contributed by atoms with Gasteiger partial charge in [-0.2, -0.15) is 0 Å². The second-order valence-corrected chi connectivity index (χ2v) is 3.96. The van der Waals surface area contributed by atoms with E-state index in [9.17, 15) is 4.79 Å². The minimum Gasteiger partial charge on any atom is -0.439 e. The molecule has 18 heavy (non-hydrogen) atoms. The van der Waals surface area contributed by atoms with Crippen LogP contribution in [0.2, 0.25) is 5.02 Å². The molecule has 0 aliphatic carbocycles. The summed E-state index contributed by atoms with van der Waals surface area (Å²) in [6, 6.07) is 10.2. The first-order valence-corrected chi connectivity index (χ1v) is 5.68. The molecule has 5 heteroatoms. The third-order valence-corrected chi connectivity index (χ3v) is 2.47. The van der Waals surface area contributed by atoms with Gasteiger partial charge in [-0.1, -0.05) is 17.7 Å². The van der Waals surface area contributed by atoms with Gasteiger partial charge < -0.3 is 10.1 Å². The molecular weight excluding hydrogens is 252 g/mol. The van der Waals surface area contributed by atoms with Crippen LogP contribution in [-0.4, -0.2) is 17.9 Å². The van der Waals surface area contributed by atoms with Crippen LogP contribution in [0.4, 0.5) is 0 Å². The summed E-state index contributed by atoms with van der Waals surface area (Å²) in [5, 5.41) is 3.10. The largest absolute Gasteiger partial charge is 0.439 e. The van der Waals surface area contributed by atoms with Gasteiger partial charge in [-0.3, -0.25) is 4.79 Å². The molecule has 0 aliphatic rings. The molecule has 1 aromatic heterocycles. The normalized spacial score (nSPS) is 9.89. The molecule has 4 nitrogen and oxygen atoms in total. The number of nitrogens with one attached hydrogen (secondary N) is 1. The summed E-state index contributed by atoms with van der Waals surface area (Å²) in [7, 11) is 1.58. The molecule has 0 saturated heterocycles. The number of rotatable bonds is 3. The minimum absolute atomic E-state index is 0.162. The lowest BCUT2D eigenvalue weighted by Crippen LogP contribution is -2.17. The zero-order chi connectivity index (χ0) is 13.0. The summed E-state index contributed by atoms with van der Waals surface area (Å²) < 4.78 is 5.52. The van der Waals surface area contributed by atoms with E-state index in [-0.39, 0.29) is 5.91 Å². The van der Waals surface area contributed by atoms with Crippen molar-refractivity contribution in [3.8, 4) is 11.6 Å². The Bertz CT molecular complexity index is 555. The van der Waals surface area contributed by atoms with Gasteiger partial charge in [0.25, 0.3) is 5.91 Å². The van der Waals surface area contributed by atoms with Gasteiger partial charge in [-0.05, 0) is 24.3 Å². The van der Waals surface area contributed by atoms with Gasteiger partial charge in [0.2, 0.25) is 5.88 Å². The Kier molecular flexibility index (Phi) is 3.79. The number of nitrogens with zero attached hydrogens (tertiary/aromatic N) is 1. The van der Waals surface area contributed by atoms with Crippen LogP contribution in [0.1, 0.15) is 10.4 Å². The van der Waals surface area contributed by atoms with Crippen LogP contribution < -0.4 is 10.1 Å². The number of benzene rings is 1. The molecule has 0 spiro atoms. The van der Waals surface area contributed by atoms with E-state index in [1.165, 1.54) is 6.20 Å². The lowest BCUT2D eigenvalue weighted by Gasteiger charge is -2.06. The van der Waals surface area contributed by atoms with Crippen molar-refractivity contribution in [2.45, 2.75) is 0 Å². The van der Waals surface area contributed by atoms with E-state index in [1.807, 2.05) is 0 Å². The maximum atomic E-state index is 11.5. The topological polar surface area (TPSA) is 51.2 Å². The predicted octanol–water partition coefficient (Wildman–Crippen LogP) is 2.89. The van der Waals surface area contributed by atoms with Crippen LogP contribution in [0.3, 0.4) is 0 Å². The van der Waals surface area contributed by atoms with Gasteiger partial charge in [0, 0.05) is 24.9 Å². The average Bonchev–Trinajstić information content (AvgIpc) is 2.41. The molecule has 1 heterocycles. The van der Waals surface area contributed by atoms with Crippen LogP contribution in [0.25, 0.3) is 0 Å². The van der Waals surface area contributed by atoms with Crippen LogP contribution in [-0.2, 0) is 0 Å². The zero-order valence-electron chi connectivity index (χ0n) is 9.68. The van der Waals surface area contributed by atoms with Crippen LogP contribution in [0.5, 0.6) is 11.6 Å². The van der Waals surface area contributed by atoms with Gasteiger partial charge in [0.1, 0.15) is 5.75 Å². The molecule has 2 aromatic rings. The summed E-state index contributed by atoms with van der Waals surface area (Å²) in [5.74, 6) is 0.809. The number of aromatic nitrogens is 1. The van der Waals surface area contributed by atoms with Crippen LogP contribution >= 0.6 is 11.6 Å². The maximum absolute atomic E-state index is 11.5. The number of halogens is 1. The fraction of sp³-hybridized carbons (Fsp3) is 0.0769. The van der Waals surface area contributed by atoms with E-state index >= 15 is 0 Å². The Labute approximate surface area is 110 Å². The number of pyridine rings is 1. The minimum atomic E-state index is -0.162. The van der Waals surface area contributed by atoms with Gasteiger partial charge in [0.15, 0.2) is 0 Å². The Balaban J connectivity index is 2.19. The first kappa shape index (κ1) is 12.4. The lowest BCUT2D eigenvalue weighted by molar-refractivity contribution is 0.0963. The highest BCUT2D eigenvalue weighted by atomic mass is 35.5. The number of amides is 1. The third-order valence-electron chi connectivity index (χ3n) is 2.25. The molecular formula is C13H11ClN2O2. The lowest BCUT2D eigenvalue weighted by atomic mass is 10.2. The van der Waals surface area contributed by atoms with Crippen molar-refractivity contribution < 1.29 is 9.53 Å². The number of hydrogen-bond donors (Lipinski definition) is 1. The van der Waals surface area contributed by atoms with Gasteiger partial charge >= 0.3 is 0 Å². The standard InChI is InChI=1S/C13H11ClN2O2/c1-15-13(17)9-3-2-4-11(7-9)18-12-6-5-10(14)8-16-12/h2-8H,1H3,(H,15,17). The van der Waals surface area contributed by atoms with Crippen LogP contribution in [0.15, 0.2) is 42.6 Å². The Morgan fingerprint density at radius 1 is 1.33 bits per heavy atom. The molecule has 2 rings (SSSR count). The van der Waals surface area contributed by atoms with E-state index < -0.39 is 0 Å². The number of hydrogen-bond acceptors (Lipinski definition) is 3. The fourth-order valence-electron chi connectivity index (χ4n) is 1.39. The van der Waals surface area contributed by atoms with Crippen molar-refractivity contribution in [1.29, 1.82) is 0 Å². The molecule has 0 unspecified atom stereocenters. The third kappa shape index (κ3) is 2.99. The van der Waals surface area contributed by atoms with Crippen molar-refractivity contribution in [2.24, 2.45) is 0 Å². The molecule has 1 N–H and O–H groups in total. The average molecular weight is 263 g/mol. The van der Waals surface area contributed by atoms with Crippen LogP contribution in [0, 0.1) is 0 Å². The predicted molar refractivity (Wildman–Crippen MR) is 69.2 cm³/mol. The van der Waals surface area contributed by atoms with Gasteiger partial charge in [0.05, 0.1) is 5.02 Å². The molecule has 0 atom stereocenters. The van der Waals surface area contributed by atoms with Crippen molar-refractivity contribution in [3.05, 3.63) is 53.2 Å². The molecule has 1 amide bonds. The number of carbonyl (C=O) groups excluding carboxylic acids is 1. The SMILES string of the molecule is CNC(=O)c1cccc(Oc2ccc(Cl)cn2)c1. The summed E-state index contributed by atoms with van der Waals surface area (Å²) >= 11 is 5.73. The molecule has 0 aliphatic heterocycles. The molecule has 92 valence electrons. The van der Waals surface area contributed by atoms with E-state index in [0.717, 1.165) is 0 Å². The Morgan fingerprint density at radius 3 is 2.83 bits per heavy atom. The van der Waals surface area contributed by atoms with Crippen molar-refractivity contribution in [1.82, 2.24) is 10.3 Å². The smallest absolute Gasteiger partial charge is 0.251 e. The second-order valence-electron chi connectivity index (χ2n) is 3.52. The van der Waals surface area contributed by atoms with E-state index in [4.69, 9.17) is 16.3 Å². The summed E-state index contributed by atoms with van der Waals surface area (Å²) in [6.45, 7) is 0. The number of carbonyl (C=O) groups is 1. The van der Waals surface area contributed by atoms with Gasteiger partial charge in [-0.25, -0.2) is 4.98 Å². The van der Waals surface area contributed by atoms with Crippen molar-refractivity contribution >= 4 is 17.5 Å². The van der Waals surface area contributed by atoms with E-state index in [1.54, 1.807) is 43.4 Å². The number of ether oxygens (including phenoxy) is 1. The first-order valence-electron chi connectivity index (χ1n) is 5.30. The highest BCUT2D eigenvalue weighted by molar-refractivity contribution is 6.30. The summed E-state index contributed by atoms with van der Waals surface area (Å²) in [6.07, 6.45) is 1.50. The highest BCUT2D eigenvalue weighted by Gasteiger charge is 2.05. The van der Waals surface area contributed by atoms with E-state index in [2.05, 4.69) is 10.3 Å². The zero-order valence-corrected chi connectivity index (χ0v) is 10.4. The molecule has 0 bridgehead atoms. The Morgan fingerprint density at radius 2 is 2.17 bits per heavy atom. The second kappa shape index (κ2) is 5.51. The summed E-state index contributed by atoms with van der Waals surface area (Å²) in [5.41, 5.74) is 0.531. The van der Waals surface area contributed by atoms with E-state index in [0.29, 0.717) is 22.2 Å². The fourth-order valence-corrected chi connectivity index (χ4v) is 1.50. The maximum Gasteiger partial charge on any atom is 0.251 e. The molecule has 1 aromatic carbocycles. The monoisotopic (exact) mass is 262 g/mol. The van der Waals surface area contributed by atoms with Gasteiger partial charge in [-0.15, -0.1) is 0 Å². The summed E-state index contributed by atoms with van der Waals surface area (Å²) in [4.78, 5) is 15.5. The first-order chi connectivity index (χ1) is 8.69. The molecule has 0 radical (unpaired) electrons. The quantitative estimate of drug-likeness (QED) is 0.925. The van der Waals surface area contributed by atoms with Crippen molar-refractivity contribution in [3.63, 3.8) is 0 Å². The molecule has 0 fully saturated rings. The Hall–Kier alpha value is -2.07. The highest BCUT2D eigenvalue weighted by Crippen LogP contribution is 2.21. The van der Waals surface area contributed by atoms with Crippen molar-refractivity contribution in [2.75, 3.05) is 7.05 Å².